The second kappa shape index (κ2) is 5.38. The van der Waals surface area contributed by atoms with Crippen LogP contribution in [0, 0.1) is 5.92 Å². The fourth-order valence-corrected chi connectivity index (χ4v) is 2.41. The summed E-state index contributed by atoms with van der Waals surface area (Å²) in [5.41, 5.74) is 1.20. The molecule has 2 rings (SSSR count). The Hall–Kier alpha value is -1.58. The number of aryl methyl sites for hydroxylation is 1. The number of nitrogens with zero attached hydrogens (tertiary/aromatic N) is 2. The number of hydrogen-bond donors (Lipinski definition) is 1. The molecule has 0 spiro atoms. The van der Waals surface area contributed by atoms with E-state index in [2.05, 4.69) is 16.8 Å². The van der Waals surface area contributed by atoms with Gasteiger partial charge in [-0.05, 0) is 30.9 Å². The molecule has 1 atom stereocenters. The number of carbonyl (C=O) groups is 1. The zero-order valence-corrected chi connectivity index (χ0v) is 11.0. The molecule has 4 nitrogen and oxygen atoms in total. The van der Waals surface area contributed by atoms with Crippen LogP contribution in [0.2, 0.25) is 0 Å². The van der Waals surface area contributed by atoms with Crippen molar-refractivity contribution in [3.8, 4) is 0 Å². The molecule has 0 aliphatic carbocycles. The number of hydrogen-bond acceptors (Lipinski definition) is 3. The summed E-state index contributed by atoms with van der Waals surface area (Å²) in [6, 6.07) is 3.36. The maximum Gasteiger partial charge on any atom is 0.335 e. The van der Waals surface area contributed by atoms with Crippen molar-refractivity contribution < 1.29 is 9.90 Å². The van der Waals surface area contributed by atoms with Gasteiger partial charge in [0.25, 0.3) is 0 Å². The van der Waals surface area contributed by atoms with Crippen LogP contribution in [0.4, 0.5) is 5.82 Å². The summed E-state index contributed by atoms with van der Waals surface area (Å²) in [4.78, 5) is 17.9. The Bertz CT molecular complexity index is 445. The summed E-state index contributed by atoms with van der Waals surface area (Å²) < 4.78 is 0. The SMILES string of the molecule is CCc1cc(C(=O)O)cc(N2CCC(CC)C2)n1. The van der Waals surface area contributed by atoms with E-state index >= 15 is 0 Å². The standard InChI is InChI=1S/C14H20N2O2/c1-3-10-5-6-16(9-10)13-8-11(14(17)18)7-12(4-2)15-13/h7-8,10H,3-6,9H2,1-2H3,(H,17,18). The molecule has 1 fully saturated rings. The van der Waals surface area contributed by atoms with E-state index in [1.54, 1.807) is 12.1 Å². The van der Waals surface area contributed by atoms with Gasteiger partial charge in [0.05, 0.1) is 5.56 Å². The van der Waals surface area contributed by atoms with E-state index in [0.717, 1.165) is 31.0 Å². The molecule has 1 saturated heterocycles. The van der Waals surface area contributed by atoms with Crippen molar-refractivity contribution in [2.75, 3.05) is 18.0 Å². The van der Waals surface area contributed by atoms with E-state index in [-0.39, 0.29) is 0 Å². The van der Waals surface area contributed by atoms with Gasteiger partial charge in [-0.15, -0.1) is 0 Å². The van der Waals surface area contributed by atoms with Gasteiger partial charge < -0.3 is 10.0 Å². The van der Waals surface area contributed by atoms with Crippen LogP contribution in [-0.4, -0.2) is 29.1 Å². The lowest BCUT2D eigenvalue weighted by molar-refractivity contribution is 0.0696. The highest BCUT2D eigenvalue weighted by Gasteiger charge is 2.23. The number of carboxylic acid groups (broad SMARTS) is 1. The van der Waals surface area contributed by atoms with Crippen molar-refractivity contribution in [3.05, 3.63) is 23.4 Å². The Balaban J connectivity index is 2.27. The predicted octanol–water partition coefficient (Wildman–Crippen LogP) is 2.58. The van der Waals surface area contributed by atoms with Gasteiger partial charge in [-0.3, -0.25) is 0 Å². The average molecular weight is 248 g/mol. The molecule has 0 saturated carbocycles. The summed E-state index contributed by atoms with van der Waals surface area (Å²) >= 11 is 0. The Labute approximate surface area is 108 Å². The molecular weight excluding hydrogens is 228 g/mol. The van der Waals surface area contributed by atoms with Crippen LogP contribution in [0.3, 0.4) is 0 Å². The normalized spacial score (nSPS) is 19.2. The molecule has 0 bridgehead atoms. The highest BCUT2D eigenvalue weighted by molar-refractivity contribution is 5.88. The Morgan fingerprint density at radius 3 is 2.83 bits per heavy atom. The summed E-state index contributed by atoms with van der Waals surface area (Å²) in [5.74, 6) is 0.660. The minimum atomic E-state index is -0.875. The van der Waals surface area contributed by atoms with Crippen LogP contribution < -0.4 is 4.90 Å². The lowest BCUT2D eigenvalue weighted by atomic mass is 10.1. The highest BCUT2D eigenvalue weighted by Crippen LogP contribution is 2.25. The van der Waals surface area contributed by atoms with Crippen LogP contribution in [0.1, 0.15) is 42.7 Å². The second-order valence-corrected chi connectivity index (χ2v) is 4.87. The molecule has 98 valence electrons. The van der Waals surface area contributed by atoms with Crippen molar-refractivity contribution in [1.29, 1.82) is 0 Å². The van der Waals surface area contributed by atoms with Crippen molar-refractivity contribution in [2.45, 2.75) is 33.1 Å². The Morgan fingerprint density at radius 2 is 2.28 bits per heavy atom. The molecule has 0 amide bonds. The van der Waals surface area contributed by atoms with Crippen molar-refractivity contribution in [3.63, 3.8) is 0 Å². The molecule has 1 aromatic heterocycles. The zero-order chi connectivity index (χ0) is 13.1. The van der Waals surface area contributed by atoms with Gasteiger partial charge in [0.2, 0.25) is 0 Å². The Kier molecular flexibility index (Phi) is 3.84. The van der Waals surface area contributed by atoms with Gasteiger partial charge in [0.15, 0.2) is 0 Å². The van der Waals surface area contributed by atoms with E-state index in [1.165, 1.54) is 12.8 Å². The predicted molar refractivity (Wildman–Crippen MR) is 71.2 cm³/mol. The maximum atomic E-state index is 11.1. The molecule has 2 heterocycles. The van der Waals surface area contributed by atoms with Crippen LogP contribution >= 0.6 is 0 Å². The van der Waals surface area contributed by atoms with E-state index in [4.69, 9.17) is 5.11 Å². The average Bonchev–Trinajstić information content (AvgIpc) is 2.86. The van der Waals surface area contributed by atoms with E-state index in [1.807, 2.05) is 6.92 Å². The van der Waals surface area contributed by atoms with Crippen molar-refractivity contribution in [2.24, 2.45) is 5.92 Å². The fourth-order valence-electron chi connectivity index (χ4n) is 2.41. The smallest absolute Gasteiger partial charge is 0.335 e. The van der Waals surface area contributed by atoms with Crippen LogP contribution in [0.25, 0.3) is 0 Å². The van der Waals surface area contributed by atoms with E-state index in [0.29, 0.717) is 11.5 Å². The number of pyridine rings is 1. The summed E-state index contributed by atoms with van der Waals surface area (Å²) in [7, 11) is 0. The van der Waals surface area contributed by atoms with Crippen LogP contribution in [0.15, 0.2) is 12.1 Å². The topological polar surface area (TPSA) is 53.4 Å². The number of anilines is 1. The lowest BCUT2D eigenvalue weighted by Gasteiger charge is -2.18. The second-order valence-electron chi connectivity index (χ2n) is 4.87. The van der Waals surface area contributed by atoms with Crippen molar-refractivity contribution in [1.82, 2.24) is 4.98 Å². The molecule has 0 aromatic carbocycles. The molecule has 1 N–H and O–H groups in total. The van der Waals surface area contributed by atoms with Crippen LogP contribution in [-0.2, 0) is 6.42 Å². The van der Waals surface area contributed by atoms with Gasteiger partial charge in [-0.2, -0.15) is 0 Å². The molecule has 0 radical (unpaired) electrons. The van der Waals surface area contributed by atoms with Gasteiger partial charge in [-0.25, -0.2) is 9.78 Å². The molecule has 1 aliphatic heterocycles. The third-order valence-corrected chi connectivity index (χ3v) is 3.66. The van der Waals surface area contributed by atoms with Gasteiger partial charge >= 0.3 is 5.97 Å². The largest absolute Gasteiger partial charge is 0.478 e. The zero-order valence-electron chi connectivity index (χ0n) is 11.0. The maximum absolute atomic E-state index is 11.1. The van der Waals surface area contributed by atoms with Gasteiger partial charge in [0.1, 0.15) is 5.82 Å². The minimum Gasteiger partial charge on any atom is -0.478 e. The Morgan fingerprint density at radius 1 is 1.50 bits per heavy atom. The molecule has 4 heteroatoms. The van der Waals surface area contributed by atoms with Crippen molar-refractivity contribution >= 4 is 11.8 Å². The van der Waals surface area contributed by atoms with E-state index in [9.17, 15) is 4.79 Å². The third-order valence-electron chi connectivity index (χ3n) is 3.66. The molecular formula is C14H20N2O2. The van der Waals surface area contributed by atoms with Crippen LogP contribution in [0.5, 0.6) is 0 Å². The molecule has 18 heavy (non-hydrogen) atoms. The number of rotatable bonds is 4. The summed E-state index contributed by atoms with van der Waals surface area (Å²) in [5, 5.41) is 9.12. The first-order valence-electron chi connectivity index (χ1n) is 6.63. The molecule has 1 aromatic rings. The number of aromatic carboxylic acids is 1. The number of aromatic nitrogens is 1. The molecule has 1 unspecified atom stereocenters. The highest BCUT2D eigenvalue weighted by atomic mass is 16.4. The van der Waals surface area contributed by atoms with Gasteiger partial charge in [-0.1, -0.05) is 20.3 Å². The van der Waals surface area contributed by atoms with Gasteiger partial charge in [0, 0.05) is 18.8 Å². The summed E-state index contributed by atoms with van der Waals surface area (Å²) in [6.07, 6.45) is 3.12. The monoisotopic (exact) mass is 248 g/mol. The minimum absolute atomic E-state index is 0.344. The fraction of sp³-hybridized carbons (Fsp3) is 0.571. The lowest BCUT2D eigenvalue weighted by Crippen LogP contribution is -2.21. The quantitative estimate of drug-likeness (QED) is 0.889. The first-order chi connectivity index (χ1) is 8.63. The third kappa shape index (κ3) is 2.63. The van der Waals surface area contributed by atoms with E-state index < -0.39 is 5.97 Å². The first-order valence-corrected chi connectivity index (χ1v) is 6.63. The molecule has 1 aliphatic rings. The summed E-state index contributed by atoms with van der Waals surface area (Å²) in [6.45, 7) is 6.18. The first kappa shape index (κ1) is 12.9. The number of carboxylic acids is 1.